The van der Waals surface area contributed by atoms with E-state index in [2.05, 4.69) is 97.1 Å². The van der Waals surface area contributed by atoms with Crippen molar-refractivity contribution in [2.75, 3.05) is 0 Å². The van der Waals surface area contributed by atoms with Gasteiger partial charge in [-0.2, -0.15) is 20.4 Å². The Kier molecular flexibility index (Phi) is 27.2. The van der Waals surface area contributed by atoms with Gasteiger partial charge in [0, 0.05) is 125 Å². The summed E-state index contributed by atoms with van der Waals surface area (Å²) >= 11 is 0. The van der Waals surface area contributed by atoms with Crippen LogP contribution in [0.5, 0.6) is 0 Å². The summed E-state index contributed by atoms with van der Waals surface area (Å²) in [5, 5.41) is 60.2. The van der Waals surface area contributed by atoms with Gasteiger partial charge in [0.2, 0.25) is 17.5 Å². The van der Waals surface area contributed by atoms with Gasteiger partial charge < -0.3 is 26.8 Å². The summed E-state index contributed by atoms with van der Waals surface area (Å²) in [5.41, 5.74) is 18.1. The molecule has 4 atom stereocenters. The number of carbonyl (C=O) groups is 8. The molecule has 0 saturated carbocycles. The first-order valence-corrected chi connectivity index (χ1v) is 35.6. The molecule has 33 heteroatoms. The van der Waals surface area contributed by atoms with E-state index in [1.165, 1.54) is 0 Å². The number of fused-ring (bicyclic) bond motifs is 4. The molecule has 111 heavy (non-hydrogen) atoms. The predicted octanol–water partition coefficient (Wildman–Crippen LogP) is 5.13. The number of carboxylic acids is 1. The van der Waals surface area contributed by atoms with Crippen LogP contribution in [0.2, 0.25) is 0 Å². The predicted molar refractivity (Wildman–Crippen MR) is 406 cm³/mol. The van der Waals surface area contributed by atoms with Gasteiger partial charge >= 0.3 is 5.97 Å². The average molecular weight is 1510 g/mol. The first kappa shape index (κ1) is 80.3. The number of aromatic amines is 4. The Morgan fingerprint density at radius 2 is 0.631 bits per heavy atom. The molecule has 8 aromatic heterocycles. The second-order valence-corrected chi connectivity index (χ2v) is 26.7. The van der Waals surface area contributed by atoms with Crippen LogP contribution in [0.1, 0.15) is 174 Å². The van der Waals surface area contributed by atoms with E-state index in [0.29, 0.717) is 93.9 Å². The van der Waals surface area contributed by atoms with E-state index in [0.717, 1.165) is 80.1 Å². The summed E-state index contributed by atoms with van der Waals surface area (Å²) in [6, 6.07) is 37.2. The van der Waals surface area contributed by atoms with Gasteiger partial charge in [-0.25, -0.2) is 24.7 Å². The average Bonchev–Trinajstić information content (AvgIpc) is 1.71. The third-order valence-electron chi connectivity index (χ3n) is 19.0. The molecule has 10 N–H and O–H groups in total. The minimum Gasteiger partial charge on any atom is -0.475 e. The van der Waals surface area contributed by atoms with E-state index in [9.17, 15) is 38.4 Å². The number of H-pyrrole nitrogens is 4. The Bertz CT molecular complexity index is 4790. The fraction of sp³-hybridized carbons (Fsp3) is 0.333. The van der Waals surface area contributed by atoms with Crippen molar-refractivity contribution in [1.29, 1.82) is 0 Å². The molecular weight excluding hydrogens is 1420 g/mol. The van der Waals surface area contributed by atoms with E-state index in [1.54, 1.807) is 38.8 Å². The summed E-state index contributed by atoms with van der Waals surface area (Å²) in [4.78, 5) is 114. The highest BCUT2D eigenvalue weighted by Crippen LogP contribution is 2.23. The number of ketones is 4. The fourth-order valence-electron chi connectivity index (χ4n) is 13.1. The Morgan fingerprint density at radius 1 is 0.387 bits per heavy atom. The van der Waals surface area contributed by atoms with E-state index in [1.807, 2.05) is 154 Å². The summed E-state index contributed by atoms with van der Waals surface area (Å²) in [6.45, 7) is 0. The van der Waals surface area contributed by atoms with Gasteiger partial charge in [0.25, 0.3) is 23.5 Å². The number of Topliss-reactive ketones (excluding diaryl/α,β-unsaturated/α-hetero) is 4. The van der Waals surface area contributed by atoms with E-state index in [-0.39, 0.29) is 86.6 Å². The first-order chi connectivity index (χ1) is 52.7. The van der Waals surface area contributed by atoms with Crippen LogP contribution in [-0.2, 0) is 124 Å². The highest BCUT2D eigenvalue weighted by atomic mass is 16.4. The molecule has 4 aliphatic rings. The molecule has 0 aliphatic heterocycles. The highest BCUT2D eigenvalue weighted by Gasteiger charge is 2.32. The van der Waals surface area contributed by atoms with Gasteiger partial charge in [-0.15, -0.1) is 20.4 Å². The Labute approximate surface area is 638 Å². The number of carboxylic acid groups (broad SMARTS) is 1. The van der Waals surface area contributed by atoms with Crippen molar-refractivity contribution in [3.8, 4) is 0 Å². The van der Waals surface area contributed by atoms with Crippen LogP contribution in [0.15, 0.2) is 146 Å². The van der Waals surface area contributed by atoms with Gasteiger partial charge in [-0.1, -0.05) is 136 Å². The van der Waals surface area contributed by atoms with Crippen LogP contribution in [-0.4, -0.2) is 176 Å². The quantitative estimate of drug-likeness (QED) is 0.0601. The first-order valence-electron chi connectivity index (χ1n) is 35.6. The van der Waals surface area contributed by atoms with Gasteiger partial charge in [0.05, 0.1) is 49.0 Å². The maximum atomic E-state index is 12.5. The fourth-order valence-corrected chi connectivity index (χ4v) is 13.1. The highest BCUT2D eigenvalue weighted by molar-refractivity contribution is 5.98. The smallest absolute Gasteiger partial charge is 0.375 e. The Balaban J connectivity index is 0.000000151. The molecule has 0 radical (unpaired) electrons. The second-order valence-electron chi connectivity index (χ2n) is 26.7. The molecular formula is C78H90N24O9. The molecule has 576 valence electrons. The molecule has 33 nitrogen and oxygen atoms in total. The summed E-state index contributed by atoms with van der Waals surface area (Å²) < 4.78 is 7.20. The number of nitrogens with zero attached hydrogens (tertiary/aromatic N) is 16. The van der Waals surface area contributed by atoms with Gasteiger partial charge in [-0.05, 0) is 73.6 Å². The number of nitrogens with one attached hydrogen (secondary N) is 7. The van der Waals surface area contributed by atoms with Crippen molar-refractivity contribution in [1.82, 2.24) is 116 Å². The molecule has 4 aromatic carbocycles. The number of nitrogens with two attached hydrogens (primary N) is 1. The second kappa shape index (κ2) is 37.6. The minimum atomic E-state index is -1.12. The molecule has 12 aromatic rings. The minimum absolute atomic E-state index is 0. The van der Waals surface area contributed by atoms with Crippen molar-refractivity contribution in [2.45, 2.75) is 142 Å². The number of hydrogen-bond acceptors (Lipinski definition) is 21. The molecule has 3 amide bonds. The summed E-state index contributed by atoms with van der Waals surface area (Å²) in [5.74, 6) is -0.0104. The summed E-state index contributed by atoms with van der Waals surface area (Å²) in [6.07, 6.45) is 15.8. The maximum Gasteiger partial charge on any atom is 0.375 e. The lowest BCUT2D eigenvalue weighted by Crippen LogP contribution is -2.41. The number of aromatic carboxylic acids is 1. The van der Waals surface area contributed by atoms with Gasteiger partial charge in [0.15, 0.2) is 23.1 Å². The summed E-state index contributed by atoms with van der Waals surface area (Å²) in [7, 11) is 7.50. The third kappa shape index (κ3) is 21.2. The lowest BCUT2D eigenvalue weighted by Gasteiger charge is -2.13. The van der Waals surface area contributed by atoms with Gasteiger partial charge in [0.1, 0.15) is 23.3 Å². The number of hydrogen-bond donors (Lipinski definition) is 9. The molecule has 8 heterocycles. The molecule has 4 aliphatic carbocycles. The lowest BCUT2D eigenvalue weighted by atomic mass is 10.1. The zero-order valence-electron chi connectivity index (χ0n) is 60.4. The molecule has 0 spiro atoms. The van der Waals surface area contributed by atoms with Crippen LogP contribution in [0.4, 0.5) is 0 Å². The van der Waals surface area contributed by atoms with E-state index < -0.39 is 41.8 Å². The SMILES string of the molecule is C.C.Cn1ncc2c1CCC(N)C(=O)C2.Cn1ncc2c1CCC(NC(=O)c1n[nH]c(Cc3ccccc3)n1)C(=O)C2.Cn1ncc2c1CC[C@@H](NC(=O)c1n[nH]c(Cc3ccccc3)n1)C(=O)C2.Cn1ncc2c1CC[C@H](NC(=O)c1n[nH]c(Cc3ccccc3)n1)C(=O)C2.O=C(O)c1n[nH]c(Cc2ccccc2)n1. The zero-order valence-corrected chi connectivity index (χ0v) is 60.4. The Morgan fingerprint density at radius 3 is 0.892 bits per heavy atom. The number of aryl methyl sites for hydroxylation is 4. The molecule has 2 unspecified atom stereocenters. The van der Waals surface area contributed by atoms with Crippen molar-refractivity contribution in [2.24, 2.45) is 33.9 Å². The number of amides is 3. The molecule has 16 rings (SSSR count). The monoisotopic (exact) mass is 1510 g/mol. The lowest BCUT2D eigenvalue weighted by molar-refractivity contribution is -0.121. The van der Waals surface area contributed by atoms with Crippen molar-refractivity contribution < 1.29 is 43.5 Å². The normalized spacial score (nSPS) is 16.2. The standard InChI is InChI=1S/3C19H20N6O2.C10H9N3O2.C9H13N3O.2CH4/c3*1-25-15-8-7-14(16(26)10-13(15)11-20-25)21-19(27)18-22-17(23-24-18)9-12-5-3-2-4-6-12;14-10(15)9-11-8(12-13-9)6-7-4-2-1-3-5-7;1-12-8-3-2-7(10)9(13)4-6(8)5-11-12;;/h3*2-6,11,14H,7-10H2,1H3,(H,21,27)(H,22,23,24);1-5H,6H2,(H,14,15)(H,11,12,13);5,7H,2-4,10H2,1H3;2*1H4/t2*14-;;;;;/m10...../s1. The van der Waals surface area contributed by atoms with Crippen molar-refractivity contribution in [3.63, 3.8) is 0 Å². The van der Waals surface area contributed by atoms with Crippen LogP contribution in [0, 0.1) is 0 Å². The van der Waals surface area contributed by atoms with Crippen LogP contribution < -0.4 is 21.7 Å². The van der Waals surface area contributed by atoms with Gasteiger partial charge in [-0.3, -0.25) is 72.7 Å². The third-order valence-corrected chi connectivity index (χ3v) is 19.0. The zero-order chi connectivity index (χ0) is 76.5. The van der Waals surface area contributed by atoms with E-state index in [4.69, 9.17) is 10.8 Å². The molecule has 0 fully saturated rings. The largest absolute Gasteiger partial charge is 0.475 e. The Hall–Kier alpha value is -13.2. The van der Waals surface area contributed by atoms with Crippen LogP contribution in [0.25, 0.3) is 0 Å². The number of carbonyl (C=O) groups excluding carboxylic acids is 7. The van der Waals surface area contributed by atoms with Crippen LogP contribution >= 0.6 is 0 Å². The van der Waals surface area contributed by atoms with Crippen molar-refractivity contribution >= 4 is 46.8 Å². The maximum absolute atomic E-state index is 12.5. The van der Waals surface area contributed by atoms with Crippen LogP contribution in [0.3, 0.4) is 0 Å². The molecule has 0 saturated heterocycles. The number of rotatable bonds is 15. The number of aromatic nitrogens is 20. The van der Waals surface area contributed by atoms with Crippen molar-refractivity contribution in [3.05, 3.63) is 260 Å². The van der Waals surface area contributed by atoms with E-state index >= 15 is 0 Å². The number of benzene rings is 4. The topological polar surface area (TPSA) is 456 Å². The molecule has 0 bridgehead atoms.